The van der Waals surface area contributed by atoms with Gasteiger partial charge in [-0.3, -0.25) is 4.98 Å². The third kappa shape index (κ3) is 2.85. The highest BCUT2D eigenvalue weighted by Gasteiger charge is 2.19. The van der Waals surface area contributed by atoms with Crippen LogP contribution in [0.5, 0.6) is 11.5 Å². The number of aromatic nitrogens is 2. The third-order valence-corrected chi connectivity index (χ3v) is 4.38. The Balaban J connectivity index is 1.91. The van der Waals surface area contributed by atoms with Crippen molar-refractivity contribution in [3.8, 4) is 22.8 Å². The number of aliphatic hydroxyl groups is 1. The summed E-state index contributed by atoms with van der Waals surface area (Å²) in [4.78, 5) is 9.03. The van der Waals surface area contributed by atoms with Crippen molar-refractivity contribution < 1.29 is 14.6 Å². The molecule has 1 unspecified atom stereocenters. The second kappa shape index (κ2) is 6.57. The van der Waals surface area contributed by atoms with Crippen molar-refractivity contribution >= 4 is 16.6 Å². The van der Waals surface area contributed by atoms with E-state index in [0.717, 1.165) is 34.2 Å². The van der Waals surface area contributed by atoms with Crippen LogP contribution in [0.3, 0.4) is 0 Å². The largest absolute Gasteiger partial charge is 0.454 e. The molecule has 4 rings (SSSR count). The number of hydrogen-bond donors (Lipinski definition) is 2. The van der Waals surface area contributed by atoms with Crippen LogP contribution in [0.4, 0.5) is 5.82 Å². The van der Waals surface area contributed by atoms with Gasteiger partial charge >= 0.3 is 0 Å². The molecule has 0 amide bonds. The van der Waals surface area contributed by atoms with Crippen molar-refractivity contribution in [2.24, 2.45) is 0 Å². The second-order valence-electron chi connectivity index (χ2n) is 5.92. The maximum atomic E-state index is 9.50. The predicted molar refractivity (Wildman–Crippen MR) is 95.9 cm³/mol. The van der Waals surface area contributed by atoms with E-state index in [2.05, 4.69) is 15.3 Å². The number of rotatable bonds is 5. The predicted octanol–water partition coefficient (Wildman–Crippen LogP) is 3.21. The van der Waals surface area contributed by atoms with E-state index in [1.807, 2.05) is 37.3 Å². The van der Waals surface area contributed by atoms with Gasteiger partial charge in [-0.1, -0.05) is 13.0 Å². The van der Waals surface area contributed by atoms with Crippen molar-refractivity contribution in [3.05, 3.63) is 42.7 Å². The van der Waals surface area contributed by atoms with Gasteiger partial charge in [0.2, 0.25) is 6.79 Å². The van der Waals surface area contributed by atoms with Crippen molar-refractivity contribution in [2.45, 2.75) is 19.4 Å². The minimum Gasteiger partial charge on any atom is -0.454 e. The van der Waals surface area contributed by atoms with E-state index in [1.165, 1.54) is 0 Å². The monoisotopic (exact) mass is 337 g/mol. The summed E-state index contributed by atoms with van der Waals surface area (Å²) < 4.78 is 11.1. The Labute approximate surface area is 145 Å². The SMILES string of the molecule is CCC(CO)Nc1ncc(-c2ccccn2)c2cc3c(cc12)OCO3. The van der Waals surface area contributed by atoms with E-state index in [4.69, 9.17) is 9.47 Å². The lowest BCUT2D eigenvalue weighted by Crippen LogP contribution is -2.23. The van der Waals surface area contributed by atoms with Crippen LogP contribution in [0.1, 0.15) is 13.3 Å². The number of nitrogens with zero attached hydrogens (tertiary/aromatic N) is 2. The van der Waals surface area contributed by atoms with Crippen LogP contribution in [0.2, 0.25) is 0 Å². The van der Waals surface area contributed by atoms with Crippen LogP contribution in [0.15, 0.2) is 42.7 Å². The Hall–Kier alpha value is -2.86. The first-order valence-corrected chi connectivity index (χ1v) is 8.31. The first-order valence-electron chi connectivity index (χ1n) is 8.31. The molecular formula is C19H19N3O3. The van der Waals surface area contributed by atoms with Gasteiger partial charge in [-0.05, 0) is 30.7 Å². The Morgan fingerprint density at radius 2 is 1.96 bits per heavy atom. The topological polar surface area (TPSA) is 76.5 Å². The zero-order valence-corrected chi connectivity index (χ0v) is 13.9. The molecule has 1 aromatic carbocycles. The number of nitrogens with one attached hydrogen (secondary N) is 1. The van der Waals surface area contributed by atoms with Gasteiger partial charge < -0.3 is 19.9 Å². The highest BCUT2D eigenvalue weighted by Crippen LogP contribution is 2.41. The number of pyridine rings is 2. The molecule has 128 valence electrons. The average Bonchev–Trinajstić information content (AvgIpc) is 3.12. The molecule has 0 saturated carbocycles. The van der Waals surface area contributed by atoms with Crippen LogP contribution >= 0.6 is 0 Å². The van der Waals surface area contributed by atoms with E-state index in [1.54, 1.807) is 12.4 Å². The maximum absolute atomic E-state index is 9.50. The molecule has 0 fully saturated rings. The molecule has 0 aliphatic carbocycles. The van der Waals surface area contributed by atoms with Gasteiger partial charge in [-0.2, -0.15) is 0 Å². The fourth-order valence-electron chi connectivity index (χ4n) is 2.94. The minimum absolute atomic E-state index is 0.0478. The first kappa shape index (κ1) is 15.7. The quantitative estimate of drug-likeness (QED) is 0.744. The standard InChI is InChI=1S/C19H19N3O3/c1-2-12(10-23)22-19-14-8-18-17(24-11-25-18)7-13(14)15(9-21-19)16-5-3-4-6-20-16/h3-9,12,23H,2,10-11H2,1H3,(H,21,22). The summed E-state index contributed by atoms with van der Waals surface area (Å²) in [6, 6.07) is 9.64. The van der Waals surface area contributed by atoms with E-state index in [-0.39, 0.29) is 19.4 Å². The molecule has 2 N–H and O–H groups in total. The lowest BCUT2D eigenvalue weighted by molar-refractivity contribution is 0.174. The fraction of sp³-hybridized carbons (Fsp3) is 0.263. The molecule has 25 heavy (non-hydrogen) atoms. The molecule has 0 spiro atoms. The molecule has 0 radical (unpaired) electrons. The van der Waals surface area contributed by atoms with Crippen molar-refractivity contribution in [1.82, 2.24) is 9.97 Å². The minimum atomic E-state index is -0.0539. The fourth-order valence-corrected chi connectivity index (χ4v) is 2.94. The smallest absolute Gasteiger partial charge is 0.231 e. The summed E-state index contributed by atoms with van der Waals surface area (Å²) in [5, 5.41) is 14.7. The zero-order valence-electron chi connectivity index (χ0n) is 13.9. The van der Waals surface area contributed by atoms with Gasteiger partial charge in [0, 0.05) is 28.7 Å². The highest BCUT2D eigenvalue weighted by atomic mass is 16.7. The maximum Gasteiger partial charge on any atom is 0.231 e. The number of benzene rings is 1. The van der Waals surface area contributed by atoms with Gasteiger partial charge in [-0.15, -0.1) is 0 Å². The number of fused-ring (bicyclic) bond motifs is 2. The van der Waals surface area contributed by atoms with Gasteiger partial charge in [0.25, 0.3) is 0 Å². The Morgan fingerprint density at radius 1 is 1.16 bits per heavy atom. The van der Waals surface area contributed by atoms with Crippen LogP contribution in [0.25, 0.3) is 22.0 Å². The normalized spacial score (nSPS) is 13.8. The van der Waals surface area contributed by atoms with Crippen molar-refractivity contribution in [3.63, 3.8) is 0 Å². The number of anilines is 1. The summed E-state index contributed by atoms with van der Waals surface area (Å²) in [6.07, 6.45) is 4.37. The summed E-state index contributed by atoms with van der Waals surface area (Å²) in [7, 11) is 0. The molecule has 6 heteroatoms. The highest BCUT2D eigenvalue weighted by molar-refractivity contribution is 6.03. The Kier molecular flexibility index (Phi) is 4.11. The molecule has 0 bridgehead atoms. The van der Waals surface area contributed by atoms with E-state index in [0.29, 0.717) is 11.6 Å². The molecule has 3 heterocycles. The second-order valence-corrected chi connectivity index (χ2v) is 5.92. The van der Waals surface area contributed by atoms with Gasteiger partial charge in [0.1, 0.15) is 5.82 Å². The average molecular weight is 337 g/mol. The van der Waals surface area contributed by atoms with Gasteiger partial charge in [0.05, 0.1) is 18.3 Å². The van der Waals surface area contributed by atoms with Crippen LogP contribution in [-0.2, 0) is 0 Å². The zero-order chi connectivity index (χ0) is 17.2. The van der Waals surface area contributed by atoms with Crippen LogP contribution in [0, 0.1) is 0 Å². The molecule has 1 aliphatic heterocycles. The summed E-state index contributed by atoms with van der Waals surface area (Å²) in [5.41, 5.74) is 1.77. The number of aliphatic hydroxyl groups excluding tert-OH is 1. The number of ether oxygens (including phenoxy) is 2. The molecule has 6 nitrogen and oxygen atoms in total. The van der Waals surface area contributed by atoms with Crippen molar-refractivity contribution in [1.29, 1.82) is 0 Å². The van der Waals surface area contributed by atoms with E-state index in [9.17, 15) is 5.11 Å². The number of hydrogen-bond acceptors (Lipinski definition) is 6. The van der Waals surface area contributed by atoms with E-state index < -0.39 is 0 Å². The lowest BCUT2D eigenvalue weighted by Gasteiger charge is -2.17. The van der Waals surface area contributed by atoms with Crippen molar-refractivity contribution in [2.75, 3.05) is 18.7 Å². The van der Waals surface area contributed by atoms with Crippen LogP contribution in [-0.4, -0.2) is 34.5 Å². The first-order chi connectivity index (χ1) is 12.3. The molecular weight excluding hydrogens is 318 g/mol. The molecule has 0 saturated heterocycles. The Morgan fingerprint density at radius 3 is 2.64 bits per heavy atom. The molecule has 2 aromatic heterocycles. The lowest BCUT2D eigenvalue weighted by atomic mass is 10.0. The van der Waals surface area contributed by atoms with E-state index >= 15 is 0 Å². The molecule has 1 atom stereocenters. The summed E-state index contributed by atoms with van der Waals surface area (Å²) >= 11 is 0. The van der Waals surface area contributed by atoms with Gasteiger partial charge in [-0.25, -0.2) is 4.98 Å². The molecule has 3 aromatic rings. The summed E-state index contributed by atoms with van der Waals surface area (Å²) in [6.45, 7) is 2.29. The molecule has 1 aliphatic rings. The Bertz CT molecular complexity index is 895. The summed E-state index contributed by atoms with van der Waals surface area (Å²) in [5.74, 6) is 2.14. The third-order valence-electron chi connectivity index (χ3n) is 4.38. The van der Waals surface area contributed by atoms with Crippen LogP contribution < -0.4 is 14.8 Å². The van der Waals surface area contributed by atoms with Gasteiger partial charge in [0.15, 0.2) is 11.5 Å².